The Morgan fingerprint density at radius 1 is 1.52 bits per heavy atom. The van der Waals surface area contributed by atoms with Gasteiger partial charge in [-0.05, 0) is 51.1 Å². The quantitative estimate of drug-likeness (QED) is 0.789. The largest absolute Gasteiger partial charge is 0.378 e. The zero-order valence-corrected chi connectivity index (χ0v) is 15.1. The number of nitrogens with zero attached hydrogens (tertiary/aromatic N) is 4. The van der Waals surface area contributed by atoms with E-state index in [-0.39, 0.29) is 11.5 Å². The lowest BCUT2D eigenvalue weighted by Gasteiger charge is -2.40. The molecular formula is C18H29N5O2. The van der Waals surface area contributed by atoms with Crippen molar-refractivity contribution < 1.29 is 9.53 Å². The van der Waals surface area contributed by atoms with Crippen LogP contribution in [0.5, 0.6) is 0 Å². The van der Waals surface area contributed by atoms with Crippen molar-refractivity contribution in [1.29, 1.82) is 0 Å². The standard InChI is InChI=1S/C18H29N5O2/c1-3-6-18(25-2)7-10-22(11-8-18)17(24)16-14-23(21-20-16)13-15-5-4-9-19-12-15/h3,14-15,19H,1,4-13H2,2H3/t15-/m1/s1. The molecule has 1 amide bonds. The van der Waals surface area contributed by atoms with Gasteiger partial charge in [-0.1, -0.05) is 11.3 Å². The summed E-state index contributed by atoms with van der Waals surface area (Å²) in [4.78, 5) is 14.6. The molecule has 0 radical (unpaired) electrons. The Kier molecular flexibility index (Phi) is 5.86. The van der Waals surface area contributed by atoms with Crippen molar-refractivity contribution in [1.82, 2.24) is 25.2 Å². The molecule has 138 valence electrons. The number of ether oxygens (including phenoxy) is 1. The number of amides is 1. The van der Waals surface area contributed by atoms with Gasteiger partial charge in [0.1, 0.15) is 0 Å². The van der Waals surface area contributed by atoms with Gasteiger partial charge in [-0.3, -0.25) is 9.48 Å². The maximum atomic E-state index is 12.7. The molecule has 7 heteroatoms. The third-order valence-electron chi connectivity index (χ3n) is 5.51. The van der Waals surface area contributed by atoms with E-state index in [1.54, 1.807) is 13.3 Å². The van der Waals surface area contributed by atoms with Crippen LogP contribution in [0.2, 0.25) is 0 Å². The molecule has 2 fully saturated rings. The van der Waals surface area contributed by atoms with E-state index in [2.05, 4.69) is 22.2 Å². The average Bonchev–Trinajstić information content (AvgIpc) is 3.11. The Bertz CT molecular complexity index is 586. The smallest absolute Gasteiger partial charge is 0.276 e. The van der Waals surface area contributed by atoms with Gasteiger partial charge in [-0.25, -0.2) is 0 Å². The molecule has 0 spiro atoms. The molecule has 0 bridgehead atoms. The summed E-state index contributed by atoms with van der Waals surface area (Å²) in [6, 6.07) is 0. The first-order valence-electron chi connectivity index (χ1n) is 9.22. The van der Waals surface area contributed by atoms with Crippen LogP contribution in [0.1, 0.15) is 42.6 Å². The first kappa shape index (κ1) is 18.1. The fraction of sp³-hybridized carbons (Fsp3) is 0.722. The lowest BCUT2D eigenvalue weighted by atomic mass is 9.88. The molecular weight excluding hydrogens is 318 g/mol. The molecule has 2 aliphatic rings. The van der Waals surface area contributed by atoms with Crippen LogP contribution >= 0.6 is 0 Å². The predicted molar refractivity (Wildman–Crippen MR) is 95.3 cm³/mol. The molecule has 3 rings (SSSR count). The van der Waals surface area contributed by atoms with E-state index < -0.39 is 0 Å². The molecule has 3 heterocycles. The van der Waals surface area contributed by atoms with Crippen LogP contribution < -0.4 is 5.32 Å². The summed E-state index contributed by atoms with van der Waals surface area (Å²) < 4.78 is 7.51. The Balaban J connectivity index is 1.56. The number of aromatic nitrogens is 3. The van der Waals surface area contributed by atoms with E-state index >= 15 is 0 Å². The van der Waals surface area contributed by atoms with Gasteiger partial charge in [0.05, 0.1) is 11.8 Å². The second-order valence-electron chi connectivity index (χ2n) is 7.21. The van der Waals surface area contributed by atoms with Crippen LogP contribution in [0, 0.1) is 5.92 Å². The van der Waals surface area contributed by atoms with E-state index in [0.29, 0.717) is 24.7 Å². The molecule has 1 aromatic rings. The Morgan fingerprint density at radius 3 is 2.96 bits per heavy atom. The van der Waals surface area contributed by atoms with Crippen molar-refractivity contribution >= 4 is 5.91 Å². The molecule has 1 atom stereocenters. The number of hydrogen-bond donors (Lipinski definition) is 1. The Labute approximate surface area is 149 Å². The first-order valence-corrected chi connectivity index (χ1v) is 9.22. The summed E-state index contributed by atoms with van der Waals surface area (Å²) in [5, 5.41) is 11.7. The number of carbonyl (C=O) groups is 1. The highest BCUT2D eigenvalue weighted by molar-refractivity contribution is 5.92. The van der Waals surface area contributed by atoms with Crippen molar-refractivity contribution in [2.24, 2.45) is 5.92 Å². The highest BCUT2D eigenvalue weighted by Gasteiger charge is 2.35. The van der Waals surface area contributed by atoms with Gasteiger partial charge in [0, 0.05) is 26.7 Å². The van der Waals surface area contributed by atoms with E-state index in [1.807, 2.05) is 15.7 Å². The molecule has 2 saturated heterocycles. The van der Waals surface area contributed by atoms with Gasteiger partial charge in [0.25, 0.3) is 5.91 Å². The van der Waals surface area contributed by atoms with Gasteiger partial charge in [-0.2, -0.15) is 0 Å². The van der Waals surface area contributed by atoms with Crippen LogP contribution in [0.4, 0.5) is 0 Å². The molecule has 1 aromatic heterocycles. The molecule has 1 N–H and O–H groups in total. The minimum Gasteiger partial charge on any atom is -0.378 e. The van der Waals surface area contributed by atoms with E-state index in [4.69, 9.17) is 4.74 Å². The van der Waals surface area contributed by atoms with Crippen molar-refractivity contribution in [2.75, 3.05) is 33.3 Å². The summed E-state index contributed by atoms with van der Waals surface area (Å²) in [6.07, 6.45) is 8.55. The SMILES string of the molecule is C=CCC1(OC)CCN(C(=O)c2cn(C[C@@H]3CCCNC3)nn2)CC1. The van der Waals surface area contributed by atoms with Crippen LogP contribution in [-0.2, 0) is 11.3 Å². The van der Waals surface area contributed by atoms with Gasteiger partial charge < -0.3 is 15.0 Å². The molecule has 0 unspecified atom stereocenters. The zero-order valence-electron chi connectivity index (χ0n) is 15.1. The molecule has 2 aliphatic heterocycles. The van der Waals surface area contributed by atoms with E-state index in [0.717, 1.165) is 38.9 Å². The number of likely N-dealkylation sites (tertiary alicyclic amines) is 1. The highest BCUT2D eigenvalue weighted by Crippen LogP contribution is 2.30. The summed E-state index contributed by atoms with van der Waals surface area (Å²) >= 11 is 0. The second kappa shape index (κ2) is 8.10. The zero-order chi connectivity index (χ0) is 17.7. The predicted octanol–water partition coefficient (Wildman–Crippen LogP) is 1.47. The maximum absolute atomic E-state index is 12.7. The molecule has 0 aromatic carbocycles. The first-order chi connectivity index (χ1) is 12.2. The lowest BCUT2D eigenvalue weighted by molar-refractivity contribution is -0.0498. The van der Waals surface area contributed by atoms with Crippen molar-refractivity contribution in [3.05, 3.63) is 24.5 Å². The fourth-order valence-corrected chi connectivity index (χ4v) is 3.86. The van der Waals surface area contributed by atoms with E-state index in [9.17, 15) is 4.79 Å². The molecule has 0 saturated carbocycles. The lowest BCUT2D eigenvalue weighted by Crippen LogP contribution is -2.47. The number of piperidine rings is 2. The Hall–Kier alpha value is -1.73. The van der Waals surface area contributed by atoms with Gasteiger partial charge >= 0.3 is 0 Å². The minimum absolute atomic E-state index is 0.0312. The number of carbonyl (C=O) groups excluding carboxylic acids is 1. The van der Waals surface area contributed by atoms with Crippen LogP contribution in [0.15, 0.2) is 18.9 Å². The summed E-state index contributed by atoms with van der Waals surface area (Å²) in [7, 11) is 1.74. The minimum atomic E-state index is -0.176. The van der Waals surface area contributed by atoms with Crippen molar-refractivity contribution in [2.45, 2.75) is 44.2 Å². The molecule has 25 heavy (non-hydrogen) atoms. The number of methoxy groups -OCH3 is 1. The Morgan fingerprint density at radius 2 is 2.32 bits per heavy atom. The second-order valence-corrected chi connectivity index (χ2v) is 7.21. The van der Waals surface area contributed by atoms with Gasteiger partial charge in [-0.15, -0.1) is 11.7 Å². The monoisotopic (exact) mass is 347 g/mol. The van der Waals surface area contributed by atoms with E-state index in [1.165, 1.54) is 12.8 Å². The van der Waals surface area contributed by atoms with Crippen LogP contribution in [0.3, 0.4) is 0 Å². The normalized spacial score (nSPS) is 23.4. The summed E-state index contributed by atoms with van der Waals surface area (Å²) in [6.45, 7) is 8.10. The average molecular weight is 347 g/mol. The van der Waals surface area contributed by atoms with Crippen molar-refractivity contribution in [3.63, 3.8) is 0 Å². The third kappa shape index (κ3) is 4.27. The number of hydrogen-bond acceptors (Lipinski definition) is 5. The highest BCUT2D eigenvalue weighted by atomic mass is 16.5. The van der Waals surface area contributed by atoms with Crippen LogP contribution in [0.25, 0.3) is 0 Å². The van der Waals surface area contributed by atoms with Gasteiger partial charge in [0.2, 0.25) is 0 Å². The van der Waals surface area contributed by atoms with Gasteiger partial charge in [0.15, 0.2) is 5.69 Å². The van der Waals surface area contributed by atoms with Crippen LogP contribution in [-0.4, -0.2) is 64.7 Å². The number of nitrogens with one attached hydrogen (secondary N) is 1. The third-order valence-corrected chi connectivity index (χ3v) is 5.51. The topological polar surface area (TPSA) is 72.3 Å². The molecule has 0 aliphatic carbocycles. The maximum Gasteiger partial charge on any atom is 0.276 e. The number of rotatable bonds is 6. The summed E-state index contributed by atoms with van der Waals surface area (Å²) in [5.74, 6) is 0.533. The summed E-state index contributed by atoms with van der Waals surface area (Å²) in [5.41, 5.74) is 0.266. The molecule has 7 nitrogen and oxygen atoms in total. The fourth-order valence-electron chi connectivity index (χ4n) is 3.86. The van der Waals surface area contributed by atoms with Crippen molar-refractivity contribution in [3.8, 4) is 0 Å².